The summed E-state index contributed by atoms with van der Waals surface area (Å²) in [5, 5.41) is 12.2. The molecule has 1 N–H and O–H groups in total. The third kappa shape index (κ3) is 3.61. The fraction of sp³-hybridized carbons (Fsp3) is 0.455. The van der Waals surface area contributed by atoms with Gasteiger partial charge in [0.25, 0.3) is 0 Å². The number of nitriles is 1. The van der Waals surface area contributed by atoms with E-state index in [1.165, 1.54) is 0 Å². The van der Waals surface area contributed by atoms with Gasteiger partial charge in [-0.1, -0.05) is 6.92 Å². The summed E-state index contributed by atoms with van der Waals surface area (Å²) in [5.41, 5.74) is 0.765. The van der Waals surface area contributed by atoms with Gasteiger partial charge in [0, 0.05) is 16.7 Å². The highest BCUT2D eigenvalue weighted by Crippen LogP contribution is 2.14. The van der Waals surface area contributed by atoms with Crippen molar-refractivity contribution in [1.29, 1.82) is 5.26 Å². The number of aromatic nitrogens is 1. The predicted molar refractivity (Wildman–Crippen MR) is 63.2 cm³/mol. The van der Waals surface area contributed by atoms with Crippen molar-refractivity contribution in [3.05, 3.63) is 28.5 Å². The number of nitrogens with zero attached hydrogens (tertiary/aromatic N) is 2. The van der Waals surface area contributed by atoms with Gasteiger partial charge in [0.2, 0.25) is 0 Å². The molecule has 1 aromatic rings. The van der Waals surface area contributed by atoms with Crippen LogP contribution < -0.4 is 5.32 Å². The largest absolute Gasteiger partial charge is 0.294 e. The molecule has 0 aromatic carbocycles. The predicted octanol–water partition coefficient (Wildman–Crippen LogP) is 2.80. The van der Waals surface area contributed by atoms with E-state index in [0.717, 1.165) is 16.6 Å². The van der Waals surface area contributed by atoms with Gasteiger partial charge in [-0.3, -0.25) is 10.3 Å². The molecule has 1 heterocycles. The van der Waals surface area contributed by atoms with Crippen LogP contribution in [0.5, 0.6) is 0 Å². The summed E-state index contributed by atoms with van der Waals surface area (Å²) in [5.74, 6) is 0. The van der Waals surface area contributed by atoms with Crippen molar-refractivity contribution in [2.45, 2.75) is 32.4 Å². The highest BCUT2D eigenvalue weighted by Gasteiger charge is 2.13. The van der Waals surface area contributed by atoms with Crippen molar-refractivity contribution >= 4 is 15.9 Å². The smallest absolute Gasteiger partial charge is 0.138 e. The van der Waals surface area contributed by atoms with Gasteiger partial charge in [-0.05, 0) is 41.4 Å². The summed E-state index contributed by atoms with van der Waals surface area (Å²) in [6, 6.07) is 5.96. The van der Waals surface area contributed by atoms with Crippen LogP contribution in [0.2, 0.25) is 0 Å². The van der Waals surface area contributed by atoms with Gasteiger partial charge < -0.3 is 0 Å². The van der Waals surface area contributed by atoms with Crippen LogP contribution in [0.15, 0.2) is 22.8 Å². The Bertz CT molecular complexity index is 342. The van der Waals surface area contributed by atoms with Gasteiger partial charge >= 0.3 is 0 Å². The fourth-order valence-electron chi connectivity index (χ4n) is 1.15. The molecule has 2 unspecified atom stereocenters. The monoisotopic (exact) mass is 267 g/mol. The number of hydrogen-bond donors (Lipinski definition) is 1. The normalized spacial score (nSPS) is 14.3. The minimum absolute atomic E-state index is 0.320. The molecule has 80 valence electrons. The third-order valence-corrected chi connectivity index (χ3v) is 2.71. The molecule has 1 rings (SSSR count). The Balaban J connectivity index is 2.75. The van der Waals surface area contributed by atoms with Crippen LogP contribution in [0.3, 0.4) is 0 Å². The highest BCUT2D eigenvalue weighted by molar-refractivity contribution is 9.10. The summed E-state index contributed by atoms with van der Waals surface area (Å²) in [7, 11) is 0. The second kappa shape index (κ2) is 5.84. The topological polar surface area (TPSA) is 48.7 Å². The molecule has 0 radical (unpaired) electrons. The standard InChI is InChI=1S/C11H14BrN3/c1-3-8(2)15-11(6-13)10-5-4-9(12)7-14-10/h4-5,7-8,11,15H,3H2,1-2H3. The van der Waals surface area contributed by atoms with E-state index < -0.39 is 0 Å². The molecular formula is C11H14BrN3. The zero-order valence-electron chi connectivity index (χ0n) is 8.87. The number of halogens is 1. The van der Waals surface area contributed by atoms with E-state index in [2.05, 4.69) is 46.1 Å². The number of nitrogens with one attached hydrogen (secondary N) is 1. The molecule has 0 amide bonds. The first-order chi connectivity index (χ1) is 7.17. The molecule has 0 spiro atoms. The highest BCUT2D eigenvalue weighted by atomic mass is 79.9. The van der Waals surface area contributed by atoms with E-state index in [9.17, 15) is 0 Å². The van der Waals surface area contributed by atoms with Crippen LogP contribution in [0.4, 0.5) is 0 Å². The lowest BCUT2D eigenvalue weighted by Crippen LogP contribution is -2.29. The molecule has 0 aliphatic rings. The van der Waals surface area contributed by atoms with Crippen LogP contribution >= 0.6 is 15.9 Å². The Morgan fingerprint density at radius 1 is 1.60 bits per heavy atom. The minimum atomic E-state index is -0.326. The minimum Gasteiger partial charge on any atom is -0.294 e. The lowest BCUT2D eigenvalue weighted by atomic mass is 10.1. The van der Waals surface area contributed by atoms with E-state index in [1.807, 2.05) is 12.1 Å². The zero-order valence-corrected chi connectivity index (χ0v) is 10.5. The molecule has 0 aliphatic heterocycles. The van der Waals surface area contributed by atoms with Crippen LogP contribution in [-0.4, -0.2) is 11.0 Å². The van der Waals surface area contributed by atoms with E-state index >= 15 is 0 Å². The zero-order chi connectivity index (χ0) is 11.3. The Morgan fingerprint density at radius 2 is 2.33 bits per heavy atom. The van der Waals surface area contributed by atoms with E-state index in [-0.39, 0.29) is 6.04 Å². The maximum atomic E-state index is 9.03. The maximum Gasteiger partial charge on any atom is 0.138 e. The lowest BCUT2D eigenvalue weighted by molar-refractivity contribution is 0.495. The first-order valence-electron chi connectivity index (χ1n) is 4.94. The van der Waals surface area contributed by atoms with Gasteiger partial charge in [0.05, 0.1) is 11.8 Å². The van der Waals surface area contributed by atoms with E-state index in [1.54, 1.807) is 6.20 Å². The van der Waals surface area contributed by atoms with Crippen molar-refractivity contribution in [2.24, 2.45) is 0 Å². The molecule has 0 saturated heterocycles. The van der Waals surface area contributed by atoms with Gasteiger partial charge in [-0.25, -0.2) is 0 Å². The summed E-state index contributed by atoms with van der Waals surface area (Å²) < 4.78 is 0.923. The number of rotatable bonds is 4. The molecule has 0 bridgehead atoms. The van der Waals surface area contributed by atoms with E-state index in [0.29, 0.717) is 6.04 Å². The quantitative estimate of drug-likeness (QED) is 0.913. The Morgan fingerprint density at radius 3 is 2.80 bits per heavy atom. The van der Waals surface area contributed by atoms with Crippen LogP contribution in [0, 0.1) is 11.3 Å². The average molecular weight is 268 g/mol. The van der Waals surface area contributed by atoms with Gasteiger partial charge in [-0.15, -0.1) is 0 Å². The third-order valence-electron chi connectivity index (χ3n) is 2.24. The van der Waals surface area contributed by atoms with Gasteiger partial charge in [0.15, 0.2) is 0 Å². The molecule has 4 heteroatoms. The Hall–Kier alpha value is -0.920. The average Bonchev–Trinajstić information content (AvgIpc) is 2.27. The first kappa shape index (κ1) is 12.2. The van der Waals surface area contributed by atoms with Gasteiger partial charge in [0.1, 0.15) is 6.04 Å². The second-order valence-corrected chi connectivity index (χ2v) is 4.36. The summed E-state index contributed by atoms with van der Waals surface area (Å²) in [6.45, 7) is 4.14. The molecule has 2 atom stereocenters. The number of pyridine rings is 1. The van der Waals surface area contributed by atoms with Gasteiger partial charge in [-0.2, -0.15) is 5.26 Å². The van der Waals surface area contributed by atoms with Crippen molar-refractivity contribution in [2.75, 3.05) is 0 Å². The Kier molecular flexibility index (Phi) is 4.73. The fourth-order valence-corrected chi connectivity index (χ4v) is 1.38. The molecule has 0 aliphatic carbocycles. The van der Waals surface area contributed by atoms with E-state index in [4.69, 9.17) is 5.26 Å². The molecule has 3 nitrogen and oxygen atoms in total. The van der Waals surface area contributed by atoms with Crippen molar-refractivity contribution in [3.63, 3.8) is 0 Å². The summed E-state index contributed by atoms with van der Waals surface area (Å²) in [4.78, 5) is 4.20. The second-order valence-electron chi connectivity index (χ2n) is 3.44. The molecule has 15 heavy (non-hydrogen) atoms. The molecule has 0 fully saturated rings. The summed E-state index contributed by atoms with van der Waals surface area (Å²) in [6.07, 6.45) is 2.70. The van der Waals surface area contributed by atoms with Crippen LogP contribution in [0.1, 0.15) is 32.0 Å². The van der Waals surface area contributed by atoms with Crippen molar-refractivity contribution in [3.8, 4) is 6.07 Å². The number of hydrogen-bond acceptors (Lipinski definition) is 3. The van der Waals surface area contributed by atoms with Crippen LogP contribution in [-0.2, 0) is 0 Å². The molecular weight excluding hydrogens is 254 g/mol. The first-order valence-corrected chi connectivity index (χ1v) is 5.73. The van der Waals surface area contributed by atoms with Crippen LogP contribution in [0.25, 0.3) is 0 Å². The maximum absolute atomic E-state index is 9.03. The lowest BCUT2D eigenvalue weighted by Gasteiger charge is -2.16. The molecule has 0 saturated carbocycles. The van der Waals surface area contributed by atoms with Crippen molar-refractivity contribution < 1.29 is 0 Å². The Labute approximate surface area is 98.7 Å². The SMILES string of the molecule is CCC(C)NC(C#N)c1ccc(Br)cn1. The molecule has 1 aromatic heterocycles. The van der Waals surface area contributed by atoms with Crippen molar-refractivity contribution in [1.82, 2.24) is 10.3 Å². The summed E-state index contributed by atoms with van der Waals surface area (Å²) >= 11 is 3.32.